The number of pyridine rings is 1. The van der Waals surface area contributed by atoms with Gasteiger partial charge in [0.05, 0.1) is 5.02 Å². The van der Waals surface area contributed by atoms with Gasteiger partial charge in [-0.2, -0.15) is 0 Å². The molecule has 2 rings (SSSR count). The van der Waals surface area contributed by atoms with E-state index in [-0.39, 0.29) is 5.02 Å². The molecule has 0 fully saturated rings. The van der Waals surface area contributed by atoms with Crippen molar-refractivity contribution in [2.75, 3.05) is 0 Å². The van der Waals surface area contributed by atoms with E-state index in [1.54, 1.807) is 18.3 Å². The number of rotatable bonds is 2. The number of hydrogen-bond acceptors (Lipinski definition) is 1. The lowest BCUT2D eigenvalue weighted by molar-refractivity contribution is 0.626. The van der Waals surface area contributed by atoms with Crippen molar-refractivity contribution in [1.29, 1.82) is 0 Å². The molecule has 0 saturated carbocycles. The van der Waals surface area contributed by atoms with Gasteiger partial charge in [0.2, 0.25) is 0 Å². The van der Waals surface area contributed by atoms with Crippen LogP contribution < -0.4 is 0 Å². The zero-order chi connectivity index (χ0) is 11.5. The van der Waals surface area contributed by atoms with Gasteiger partial charge in [0.1, 0.15) is 5.82 Å². The summed E-state index contributed by atoms with van der Waals surface area (Å²) in [6.07, 6.45) is 2.30. The second-order valence-corrected chi connectivity index (χ2v) is 4.71. The molecule has 0 spiro atoms. The molecule has 0 aliphatic rings. The SMILES string of the molecule is Fc1cc(Cc2cc(Br)ccn2)ccc1Cl. The summed E-state index contributed by atoms with van der Waals surface area (Å²) in [5.41, 5.74) is 1.74. The van der Waals surface area contributed by atoms with Crippen molar-refractivity contribution in [3.8, 4) is 0 Å². The van der Waals surface area contributed by atoms with Gasteiger partial charge in [-0.1, -0.05) is 33.6 Å². The first kappa shape index (κ1) is 11.6. The van der Waals surface area contributed by atoms with E-state index in [9.17, 15) is 4.39 Å². The maximum Gasteiger partial charge on any atom is 0.142 e. The van der Waals surface area contributed by atoms with Crippen LogP contribution in [0.2, 0.25) is 5.02 Å². The number of halogens is 3. The molecule has 0 unspecified atom stereocenters. The van der Waals surface area contributed by atoms with E-state index in [4.69, 9.17) is 11.6 Å². The predicted molar refractivity (Wildman–Crippen MR) is 66.2 cm³/mol. The highest BCUT2D eigenvalue weighted by Crippen LogP contribution is 2.18. The van der Waals surface area contributed by atoms with Crippen molar-refractivity contribution in [2.45, 2.75) is 6.42 Å². The fourth-order valence-electron chi connectivity index (χ4n) is 1.40. The number of hydrogen-bond donors (Lipinski definition) is 0. The van der Waals surface area contributed by atoms with Gasteiger partial charge in [0.15, 0.2) is 0 Å². The zero-order valence-electron chi connectivity index (χ0n) is 8.25. The third-order valence-electron chi connectivity index (χ3n) is 2.15. The first-order chi connectivity index (χ1) is 7.65. The Bertz CT molecular complexity index is 516. The van der Waals surface area contributed by atoms with E-state index in [1.807, 2.05) is 12.1 Å². The molecule has 1 nitrogen and oxygen atoms in total. The zero-order valence-corrected chi connectivity index (χ0v) is 10.6. The van der Waals surface area contributed by atoms with E-state index in [0.717, 1.165) is 15.7 Å². The lowest BCUT2D eigenvalue weighted by Crippen LogP contribution is -1.92. The molecule has 82 valence electrons. The number of aromatic nitrogens is 1. The van der Waals surface area contributed by atoms with Gasteiger partial charge >= 0.3 is 0 Å². The summed E-state index contributed by atoms with van der Waals surface area (Å²) in [5.74, 6) is -0.394. The first-order valence-corrected chi connectivity index (χ1v) is 5.86. The third-order valence-corrected chi connectivity index (χ3v) is 2.95. The average molecular weight is 301 g/mol. The van der Waals surface area contributed by atoms with Gasteiger partial charge in [0.25, 0.3) is 0 Å². The topological polar surface area (TPSA) is 12.9 Å². The van der Waals surface area contributed by atoms with Crippen molar-refractivity contribution in [2.24, 2.45) is 0 Å². The highest BCUT2D eigenvalue weighted by atomic mass is 79.9. The van der Waals surface area contributed by atoms with Crippen molar-refractivity contribution in [1.82, 2.24) is 4.98 Å². The van der Waals surface area contributed by atoms with Crippen LogP contribution in [0.1, 0.15) is 11.3 Å². The minimum Gasteiger partial charge on any atom is -0.261 e. The minimum atomic E-state index is -0.394. The Balaban J connectivity index is 2.24. The fourth-order valence-corrected chi connectivity index (χ4v) is 1.90. The van der Waals surface area contributed by atoms with Crippen molar-refractivity contribution >= 4 is 27.5 Å². The summed E-state index contributed by atoms with van der Waals surface area (Å²) >= 11 is 8.98. The van der Waals surface area contributed by atoms with Gasteiger partial charge in [-0.15, -0.1) is 0 Å². The minimum absolute atomic E-state index is 0.144. The molecule has 0 radical (unpaired) electrons. The molecule has 0 atom stereocenters. The molecule has 2 aromatic rings. The van der Waals surface area contributed by atoms with Gasteiger partial charge < -0.3 is 0 Å². The number of benzene rings is 1. The molecule has 4 heteroatoms. The Morgan fingerprint density at radius 3 is 2.75 bits per heavy atom. The van der Waals surface area contributed by atoms with E-state index in [0.29, 0.717) is 6.42 Å². The maximum absolute atomic E-state index is 13.2. The second-order valence-electron chi connectivity index (χ2n) is 3.39. The first-order valence-electron chi connectivity index (χ1n) is 4.69. The Morgan fingerprint density at radius 2 is 2.06 bits per heavy atom. The summed E-state index contributed by atoms with van der Waals surface area (Å²) in [6, 6.07) is 8.56. The molecule has 0 N–H and O–H groups in total. The molecular formula is C12H8BrClFN. The van der Waals surface area contributed by atoms with E-state index in [1.165, 1.54) is 6.07 Å². The Morgan fingerprint density at radius 1 is 1.25 bits per heavy atom. The van der Waals surface area contributed by atoms with Crippen LogP contribution in [0.3, 0.4) is 0 Å². The number of nitrogens with zero attached hydrogens (tertiary/aromatic N) is 1. The molecule has 0 amide bonds. The van der Waals surface area contributed by atoms with Crippen LogP contribution >= 0.6 is 27.5 Å². The highest BCUT2D eigenvalue weighted by molar-refractivity contribution is 9.10. The van der Waals surface area contributed by atoms with Gasteiger partial charge in [0, 0.05) is 22.8 Å². The summed E-state index contributed by atoms with van der Waals surface area (Å²) < 4.78 is 14.2. The van der Waals surface area contributed by atoms with Gasteiger partial charge in [-0.05, 0) is 29.8 Å². The quantitative estimate of drug-likeness (QED) is 0.809. The molecule has 1 aromatic heterocycles. The summed E-state index contributed by atoms with van der Waals surface area (Å²) in [6.45, 7) is 0. The van der Waals surface area contributed by atoms with E-state index < -0.39 is 5.82 Å². The van der Waals surface area contributed by atoms with Crippen LogP contribution in [0.4, 0.5) is 4.39 Å². The summed E-state index contributed by atoms with van der Waals surface area (Å²) in [5, 5.41) is 0.144. The Kier molecular flexibility index (Phi) is 3.56. The molecule has 16 heavy (non-hydrogen) atoms. The largest absolute Gasteiger partial charge is 0.261 e. The second kappa shape index (κ2) is 4.93. The van der Waals surface area contributed by atoms with Gasteiger partial charge in [-0.3, -0.25) is 4.98 Å². The van der Waals surface area contributed by atoms with Crippen molar-refractivity contribution in [3.05, 3.63) is 63.1 Å². The fraction of sp³-hybridized carbons (Fsp3) is 0.0833. The van der Waals surface area contributed by atoms with Crippen LogP contribution in [0.25, 0.3) is 0 Å². The Hall–Kier alpha value is -0.930. The molecule has 0 aliphatic carbocycles. The maximum atomic E-state index is 13.2. The monoisotopic (exact) mass is 299 g/mol. The molecule has 0 bridgehead atoms. The Labute approximate surface area is 106 Å². The normalized spacial score (nSPS) is 10.4. The lowest BCUT2D eigenvalue weighted by atomic mass is 10.1. The predicted octanol–water partition coefficient (Wildman–Crippen LogP) is 4.23. The van der Waals surface area contributed by atoms with E-state index >= 15 is 0 Å². The summed E-state index contributed by atoms with van der Waals surface area (Å²) in [4.78, 5) is 4.20. The van der Waals surface area contributed by atoms with Crippen LogP contribution in [0.15, 0.2) is 41.0 Å². The van der Waals surface area contributed by atoms with Crippen LogP contribution in [0.5, 0.6) is 0 Å². The molecule has 0 aliphatic heterocycles. The molecule has 0 saturated heterocycles. The highest BCUT2D eigenvalue weighted by Gasteiger charge is 2.03. The molecular weight excluding hydrogens is 292 g/mol. The summed E-state index contributed by atoms with van der Waals surface area (Å²) in [7, 11) is 0. The van der Waals surface area contributed by atoms with E-state index in [2.05, 4.69) is 20.9 Å². The van der Waals surface area contributed by atoms with Gasteiger partial charge in [-0.25, -0.2) is 4.39 Å². The van der Waals surface area contributed by atoms with Crippen LogP contribution in [-0.2, 0) is 6.42 Å². The molecule has 1 aromatic carbocycles. The smallest absolute Gasteiger partial charge is 0.142 e. The van der Waals surface area contributed by atoms with Crippen LogP contribution in [0, 0.1) is 5.82 Å². The average Bonchev–Trinajstić information content (AvgIpc) is 2.24. The lowest BCUT2D eigenvalue weighted by Gasteiger charge is -2.02. The van der Waals surface area contributed by atoms with Crippen molar-refractivity contribution in [3.63, 3.8) is 0 Å². The standard InChI is InChI=1S/C12H8BrClFN/c13-9-3-4-16-10(7-9)5-8-1-2-11(14)12(15)6-8/h1-4,6-7H,5H2. The van der Waals surface area contributed by atoms with Crippen molar-refractivity contribution < 1.29 is 4.39 Å². The third kappa shape index (κ3) is 2.80. The molecule has 1 heterocycles. The van der Waals surface area contributed by atoms with Crippen LogP contribution in [-0.4, -0.2) is 4.98 Å².